The lowest BCUT2D eigenvalue weighted by molar-refractivity contribution is 0.865. The Kier molecular flexibility index (Phi) is 2.72. The zero-order valence-corrected chi connectivity index (χ0v) is 7.83. The lowest BCUT2D eigenvalue weighted by Crippen LogP contribution is -1.90. The highest BCUT2D eigenvalue weighted by molar-refractivity contribution is 5.44. The van der Waals surface area contributed by atoms with Gasteiger partial charge in [-0.15, -0.1) is 6.42 Å². The lowest BCUT2D eigenvalue weighted by atomic mass is 9.98. The van der Waals surface area contributed by atoms with Gasteiger partial charge >= 0.3 is 0 Å². The zero-order valence-electron chi connectivity index (χ0n) is 7.83. The molecule has 0 saturated heterocycles. The Balaban J connectivity index is 3.27. The Morgan fingerprint density at radius 1 is 1.23 bits per heavy atom. The molecule has 1 aromatic rings. The third-order valence-corrected chi connectivity index (χ3v) is 1.92. The Bertz CT molecular complexity index is 356. The van der Waals surface area contributed by atoms with E-state index in [9.17, 15) is 0 Å². The van der Waals surface area contributed by atoms with E-state index in [1.807, 2.05) is 12.1 Å². The fourth-order valence-electron chi connectivity index (χ4n) is 1.13. The minimum absolute atomic E-state index is 0.403. The van der Waals surface area contributed by atoms with Crippen molar-refractivity contribution < 1.29 is 0 Å². The smallest absolute Gasteiger partial charge is 0.0992 e. The summed E-state index contributed by atoms with van der Waals surface area (Å²) in [4.78, 5) is 0. The predicted molar refractivity (Wildman–Crippen MR) is 53.2 cm³/mol. The van der Waals surface area contributed by atoms with Gasteiger partial charge < -0.3 is 0 Å². The maximum atomic E-state index is 8.75. The molecule has 0 N–H and O–H groups in total. The number of nitrogens with zero attached hydrogens (tertiary/aromatic N) is 1. The van der Waals surface area contributed by atoms with Gasteiger partial charge in [0.2, 0.25) is 0 Å². The topological polar surface area (TPSA) is 23.8 Å². The van der Waals surface area contributed by atoms with Crippen LogP contribution in [0.1, 0.15) is 36.5 Å². The van der Waals surface area contributed by atoms with Crippen LogP contribution in [0.3, 0.4) is 0 Å². The molecule has 0 aliphatic rings. The molecule has 0 heterocycles. The standard InChI is InChI=1S/C12H11N/c1-4-10-5-11(8-13)7-12(6-10)9(2)3/h1,5-7,9H,2-3H3. The van der Waals surface area contributed by atoms with Crippen molar-refractivity contribution in [2.45, 2.75) is 19.8 Å². The van der Waals surface area contributed by atoms with Crippen LogP contribution in [-0.4, -0.2) is 0 Å². The van der Waals surface area contributed by atoms with Crippen LogP contribution in [0.4, 0.5) is 0 Å². The first-order valence-electron chi connectivity index (χ1n) is 4.19. The molecule has 13 heavy (non-hydrogen) atoms. The van der Waals surface area contributed by atoms with E-state index in [0.717, 1.165) is 11.1 Å². The van der Waals surface area contributed by atoms with E-state index >= 15 is 0 Å². The lowest BCUT2D eigenvalue weighted by Gasteiger charge is -2.05. The fraction of sp³-hybridized carbons (Fsp3) is 0.250. The maximum Gasteiger partial charge on any atom is 0.0992 e. The number of rotatable bonds is 1. The Labute approximate surface area is 79.0 Å². The van der Waals surface area contributed by atoms with Crippen LogP contribution in [0.25, 0.3) is 0 Å². The van der Waals surface area contributed by atoms with Crippen LogP contribution in [-0.2, 0) is 0 Å². The summed E-state index contributed by atoms with van der Waals surface area (Å²) in [6.45, 7) is 4.16. The predicted octanol–water partition coefficient (Wildman–Crippen LogP) is 2.66. The first kappa shape index (κ1) is 9.36. The SMILES string of the molecule is C#Cc1cc(C#N)cc(C(C)C)c1. The maximum absolute atomic E-state index is 8.75. The summed E-state index contributed by atoms with van der Waals surface area (Å²) in [7, 11) is 0. The molecule has 0 bridgehead atoms. The van der Waals surface area contributed by atoms with Gasteiger partial charge in [-0.1, -0.05) is 19.8 Å². The van der Waals surface area contributed by atoms with E-state index in [1.54, 1.807) is 6.07 Å². The molecular formula is C12H11N. The largest absolute Gasteiger partial charge is 0.192 e. The van der Waals surface area contributed by atoms with E-state index in [2.05, 4.69) is 25.8 Å². The van der Waals surface area contributed by atoms with Crippen molar-refractivity contribution in [3.63, 3.8) is 0 Å². The van der Waals surface area contributed by atoms with Crippen molar-refractivity contribution in [2.75, 3.05) is 0 Å². The number of nitriles is 1. The summed E-state index contributed by atoms with van der Waals surface area (Å²) in [5, 5.41) is 8.75. The van der Waals surface area contributed by atoms with Crippen LogP contribution in [0.15, 0.2) is 18.2 Å². The molecule has 0 atom stereocenters. The summed E-state index contributed by atoms with van der Waals surface area (Å²) < 4.78 is 0. The zero-order chi connectivity index (χ0) is 9.84. The molecule has 0 amide bonds. The molecular weight excluding hydrogens is 158 g/mol. The van der Waals surface area contributed by atoms with Crippen molar-refractivity contribution in [2.24, 2.45) is 0 Å². The molecule has 1 heteroatoms. The quantitative estimate of drug-likeness (QED) is 0.593. The summed E-state index contributed by atoms with van der Waals surface area (Å²) in [5.74, 6) is 2.95. The number of terminal acetylenes is 1. The van der Waals surface area contributed by atoms with Crippen molar-refractivity contribution in [1.29, 1.82) is 5.26 Å². The highest BCUT2D eigenvalue weighted by Crippen LogP contribution is 2.17. The van der Waals surface area contributed by atoms with Crippen LogP contribution in [0.2, 0.25) is 0 Å². The van der Waals surface area contributed by atoms with Gasteiger partial charge in [0.25, 0.3) is 0 Å². The molecule has 64 valence electrons. The van der Waals surface area contributed by atoms with Gasteiger partial charge in [0.1, 0.15) is 0 Å². The van der Waals surface area contributed by atoms with Gasteiger partial charge in [-0.3, -0.25) is 0 Å². The average Bonchev–Trinajstić information content (AvgIpc) is 2.16. The fourth-order valence-corrected chi connectivity index (χ4v) is 1.13. The van der Waals surface area contributed by atoms with Crippen LogP contribution < -0.4 is 0 Å². The van der Waals surface area contributed by atoms with Crippen molar-refractivity contribution in [3.8, 4) is 18.4 Å². The van der Waals surface area contributed by atoms with Gasteiger partial charge in [0, 0.05) is 5.56 Å². The van der Waals surface area contributed by atoms with Gasteiger partial charge in [-0.2, -0.15) is 5.26 Å². The molecule has 0 spiro atoms. The third-order valence-electron chi connectivity index (χ3n) is 1.92. The number of hydrogen-bond donors (Lipinski definition) is 0. The van der Waals surface area contributed by atoms with Crippen LogP contribution >= 0.6 is 0 Å². The Morgan fingerprint density at radius 3 is 2.31 bits per heavy atom. The van der Waals surface area contributed by atoms with Gasteiger partial charge in [0.05, 0.1) is 11.6 Å². The average molecular weight is 169 g/mol. The van der Waals surface area contributed by atoms with Gasteiger partial charge in [-0.05, 0) is 29.7 Å². The summed E-state index contributed by atoms with van der Waals surface area (Å²) in [5.41, 5.74) is 2.54. The number of benzene rings is 1. The van der Waals surface area contributed by atoms with Crippen molar-refractivity contribution >= 4 is 0 Å². The molecule has 0 aromatic heterocycles. The van der Waals surface area contributed by atoms with E-state index in [4.69, 9.17) is 11.7 Å². The monoisotopic (exact) mass is 169 g/mol. The van der Waals surface area contributed by atoms with Crippen molar-refractivity contribution in [1.82, 2.24) is 0 Å². The Hall–Kier alpha value is -1.73. The van der Waals surface area contributed by atoms with E-state index < -0.39 is 0 Å². The van der Waals surface area contributed by atoms with Crippen LogP contribution in [0.5, 0.6) is 0 Å². The third kappa shape index (κ3) is 2.10. The molecule has 0 unspecified atom stereocenters. The summed E-state index contributed by atoms with van der Waals surface area (Å²) >= 11 is 0. The normalized spacial score (nSPS) is 9.31. The highest BCUT2D eigenvalue weighted by Gasteiger charge is 2.02. The molecule has 0 aliphatic carbocycles. The van der Waals surface area contributed by atoms with Gasteiger partial charge in [0.15, 0.2) is 0 Å². The van der Waals surface area contributed by atoms with E-state index in [1.165, 1.54) is 0 Å². The minimum Gasteiger partial charge on any atom is -0.192 e. The second-order valence-corrected chi connectivity index (χ2v) is 3.25. The first-order chi connectivity index (χ1) is 6.17. The summed E-state index contributed by atoms with van der Waals surface area (Å²) in [6, 6.07) is 7.66. The molecule has 0 aliphatic heterocycles. The minimum atomic E-state index is 0.403. The van der Waals surface area contributed by atoms with Crippen molar-refractivity contribution in [3.05, 3.63) is 34.9 Å². The van der Waals surface area contributed by atoms with Crippen LogP contribution in [0, 0.1) is 23.7 Å². The van der Waals surface area contributed by atoms with E-state index in [0.29, 0.717) is 11.5 Å². The first-order valence-corrected chi connectivity index (χ1v) is 4.19. The Morgan fingerprint density at radius 2 is 1.85 bits per heavy atom. The molecule has 1 nitrogen and oxygen atoms in total. The van der Waals surface area contributed by atoms with E-state index in [-0.39, 0.29) is 0 Å². The highest BCUT2D eigenvalue weighted by atomic mass is 14.2. The molecule has 1 aromatic carbocycles. The molecule has 1 rings (SSSR count). The molecule has 0 radical (unpaired) electrons. The second kappa shape index (κ2) is 3.78. The van der Waals surface area contributed by atoms with Gasteiger partial charge in [-0.25, -0.2) is 0 Å². The molecule has 0 saturated carbocycles. The number of hydrogen-bond acceptors (Lipinski definition) is 1. The molecule has 0 fully saturated rings. The summed E-state index contributed by atoms with van der Waals surface area (Å²) in [6.07, 6.45) is 5.28. The second-order valence-electron chi connectivity index (χ2n) is 3.25.